The Morgan fingerprint density at radius 2 is 2.23 bits per heavy atom. The van der Waals surface area contributed by atoms with Crippen LogP contribution in [-0.2, 0) is 6.54 Å². The molecule has 0 aromatic carbocycles. The molecule has 1 N–H and O–H groups in total. The van der Waals surface area contributed by atoms with Gasteiger partial charge in [-0.25, -0.2) is 9.97 Å². The number of hydrogen-bond acceptors (Lipinski definition) is 5. The summed E-state index contributed by atoms with van der Waals surface area (Å²) >= 11 is 1.73. The molecule has 2 aromatic heterocycles. The van der Waals surface area contributed by atoms with Crippen molar-refractivity contribution in [2.24, 2.45) is 0 Å². The maximum absolute atomic E-state index is 4.46. The second kappa shape index (κ2) is 7.74. The number of thioether (sulfide) groups is 1. The first-order valence-corrected chi connectivity index (χ1v) is 8.99. The van der Waals surface area contributed by atoms with E-state index in [4.69, 9.17) is 0 Å². The topological polar surface area (TPSA) is 57.7 Å². The number of rotatable bonds is 6. The fourth-order valence-corrected chi connectivity index (χ4v) is 3.54. The molecule has 0 unspecified atom stereocenters. The summed E-state index contributed by atoms with van der Waals surface area (Å²) in [5.74, 6) is 1.65. The maximum Gasteiger partial charge on any atom is 0.187 e. The van der Waals surface area contributed by atoms with Gasteiger partial charge in [-0.05, 0) is 31.9 Å². The Labute approximate surface area is 135 Å². The second-order valence-corrected chi connectivity index (χ2v) is 6.87. The van der Waals surface area contributed by atoms with E-state index in [-0.39, 0.29) is 0 Å². The molecule has 0 amide bonds. The highest BCUT2D eigenvalue weighted by Gasteiger charge is 2.22. The number of aromatic amines is 1. The monoisotopic (exact) mass is 317 g/mol. The molecule has 118 valence electrons. The molecule has 2 aromatic rings. The van der Waals surface area contributed by atoms with Crippen LogP contribution in [0, 0.1) is 0 Å². The average Bonchev–Trinajstić information content (AvgIpc) is 3.09. The van der Waals surface area contributed by atoms with E-state index in [0.29, 0.717) is 5.92 Å². The Kier molecular flexibility index (Phi) is 5.45. The highest BCUT2D eigenvalue weighted by molar-refractivity contribution is 7.99. The smallest absolute Gasteiger partial charge is 0.187 e. The predicted octanol–water partition coefficient (Wildman–Crippen LogP) is 3.08. The van der Waals surface area contributed by atoms with Gasteiger partial charge in [0, 0.05) is 54.6 Å². The van der Waals surface area contributed by atoms with Gasteiger partial charge >= 0.3 is 0 Å². The van der Waals surface area contributed by atoms with Crippen LogP contribution in [0.1, 0.15) is 43.4 Å². The van der Waals surface area contributed by atoms with Crippen LogP contribution < -0.4 is 0 Å². The Balaban J connectivity index is 1.56. The van der Waals surface area contributed by atoms with Crippen LogP contribution in [0.15, 0.2) is 29.8 Å². The molecule has 0 radical (unpaired) electrons. The normalized spacial score (nSPS) is 19.4. The van der Waals surface area contributed by atoms with Crippen molar-refractivity contribution >= 4 is 11.8 Å². The standard InChI is InChI=1S/C16H23N5S/c1-2-8-22-16-17-9-13(10-18-16)11-21-7-3-4-14(12-21)15-5-6-19-20-15/h5-6,9-10,14H,2-4,7-8,11-12H2,1H3,(H,19,20)/t14-/m1/s1. The number of nitrogens with one attached hydrogen (secondary N) is 1. The first kappa shape index (κ1) is 15.5. The minimum absolute atomic E-state index is 0.566. The van der Waals surface area contributed by atoms with Crippen molar-refractivity contribution < 1.29 is 0 Å². The van der Waals surface area contributed by atoms with E-state index in [0.717, 1.165) is 37.0 Å². The zero-order valence-electron chi connectivity index (χ0n) is 13.0. The van der Waals surface area contributed by atoms with Crippen molar-refractivity contribution in [2.75, 3.05) is 18.8 Å². The molecule has 3 heterocycles. The van der Waals surface area contributed by atoms with E-state index < -0.39 is 0 Å². The minimum atomic E-state index is 0.566. The van der Waals surface area contributed by atoms with E-state index in [9.17, 15) is 0 Å². The molecular formula is C16H23N5S. The fraction of sp³-hybridized carbons (Fsp3) is 0.562. The highest BCUT2D eigenvalue weighted by atomic mass is 32.2. The Bertz CT molecular complexity index is 554. The molecule has 1 aliphatic rings. The van der Waals surface area contributed by atoms with Crippen molar-refractivity contribution in [3.63, 3.8) is 0 Å². The number of H-pyrrole nitrogens is 1. The number of piperidine rings is 1. The SMILES string of the molecule is CCCSc1ncc(CN2CCC[C@@H](c3ccn[nH]3)C2)cn1. The van der Waals surface area contributed by atoms with Crippen LogP contribution in [-0.4, -0.2) is 43.9 Å². The Morgan fingerprint density at radius 3 is 2.95 bits per heavy atom. The van der Waals surface area contributed by atoms with E-state index in [1.165, 1.54) is 24.1 Å². The van der Waals surface area contributed by atoms with Gasteiger partial charge in [-0.3, -0.25) is 10.00 Å². The van der Waals surface area contributed by atoms with Gasteiger partial charge < -0.3 is 0 Å². The average molecular weight is 317 g/mol. The second-order valence-electron chi connectivity index (χ2n) is 5.81. The predicted molar refractivity (Wildman–Crippen MR) is 88.9 cm³/mol. The number of likely N-dealkylation sites (tertiary alicyclic amines) is 1. The van der Waals surface area contributed by atoms with Crippen molar-refractivity contribution in [2.45, 2.75) is 43.8 Å². The summed E-state index contributed by atoms with van der Waals surface area (Å²) < 4.78 is 0. The first-order chi connectivity index (χ1) is 10.8. The van der Waals surface area contributed by atoms with Gasteiger partial charge in [-0.1, -0.05) is 18.7 Å². The summed E-state index contributed by atoms with van der Waals surface area (Å²) in [7, 11) is 0. The van der Waals surface area contributed by atoms with Gasteiger partial charge in [0.15, 0.2) is 5.16 Å². The Morgan fingerprint density at radius 1 is 1.36 bits per heavy atom. The van der Waals surface area contributed by atoms with E-state index >= 15 is 0 Å². The number of hydrogen-bond donors (Lipinski definition) is 1. The van der Waals surface area contributed by atoms with Gasteiger partial charge in [0.05, 0.1) is 0 Å². The largest absolute Gasteiger partial charge is 0.298 e. The zero-order valence-corrected chi connectivity index (χ0v) is 13.9. The summed E-state index contributed by atoms with van der Waals surface area (Å²) in [5.41, 5.74) is 2.46. The van der Waals surface area contributed by atoms with Crippen LogP contribution in [0.3, 0.4) is 0 Å². The van der Waals surface area contributed by atoms with Crippen LogP contribution in [0.2, 0.25) is 0 Å². The van der Waals surface area contributed by atoms with Crippen LogP contribution in [0.25, 0.3) is 0 Å². The van der Waals surface area contributed by atoms with E-state index in [1.807, 2.05) is 18.6 Å². The van der Waals surface area contributed by atoms with Gasteiger partial charge in [0.1, 0.15) is 0 Å². The van der Waals surface area contributed by atoms with Crippen LogP contribution >= 0.6 is 11.8 Å². The molecule has 1 atom stereocenters. The lowest BCUT2D eigenvalue weighted by Crippen LogP contribution is -2.34. The molecule has 1 aliphatic heterocycles. The molecular weight excluding hydrogens is 294 g/mol. The maximum atomic E-state index is 4.46. The molecule has 6 heteroatoms. The lowest BCUT2D eigenvalue weighted by Gasteiger charge is -2.32. The molecule has 22 heavy (non-hydrogen) atoms. The lowest BCUT2D eigenvalue weighted by atomic mass is 9.95. The molecule has 0 aliphatic carbocycles. The van der Waals surface area contributed by atoms with Gasteiger partial charge in [-0.2, -0.15) is 5.10 Å². The third kappa shape index (κ3) is 4.08. The van der Waals surface area contributed by atoms with E-state index in [2.05, 4.69) is 38.1 Å². The molecule has 1 saturated heterocycles. The van der Waals surface area contributed by atoms with Gasteiger partial charge in [0.25, 0.3) is 0 Å². The molecule has 1 fully saturated rings. The third-order valence-electron chi connectivity index (χ3n) is 3.99. The molecule has 3 rings (SSSR count). The summed E-state index contributed by atoms with van der Waals surface area (Å²) in [6, 6.07) is 2.09. The lowest BCUT2D eigenvalue weighted by molar-refractivity contribution is 0.198. The number of nitrogens with zero attached hydrogens (tertiary/aromatic N) is 4. The molecule has 0 bridgehead atoms. The summed E-state index contributed by atoms with van der Waals surface area (Å²) in [6.45, 7) is 5.34. The summed E-state index contributed by atoms with van der Waals surface area (Å²) in [4.78, 5) is 11.4. The Hall–Kier alpha value is -1.40. The molecule has 0 saturated carbocycles. The van der Waals surface area contributed by atoms with Gasteiger partial charge in [0.2, 0.25) is 0 Å². The van der Waals surface area contributed by atoms with Crippen molar-refractivity contribution in [1.82, 2.24) is 25.1 Å². The zero-order chi connectivity index (χ0) is 15.2. The quantitative estimate of drug-likeness (QED) is 0.655. The summed E-state index contributed by atoms with van der Waals surface area (Å²) in [5, 5.41) is 8.08. The van der Waals surface area contributed by atoms with Crippen molar-refractivity contribution in [3.05, 3.63) is 35.9 Å². The van der Waals surface area contributed by atoms with Crippen LogP contribution in [0.4, 0.5) is 0 Å². The highest BCUT2D eigenvalue weighted by Crippen LogP contribution is 2.26. The minimum Gasteiger partial charge on any atom is -0.298 e. The van der Waals surface area contributed by atoms with Crippen molar-refractivity contribution in [3.8, 4) is 0 Å². The fourth-order valence-electron chi connectivity index (χ4n) is 2.90. The third-order valence-corrected chi connectivity index (χ3v) is 5.07. The first-order valence-electron chi connectivity index (χ1n) is 8.00. The number of aromatic nitrogens is 4. The van der Waals surface area contributed by atoms with Gasteiger partial charge in [-0.15, -0.1) is 0 Å². The summed E-state index contributed by atoms with van der Waals surface area (Å²) in [6.07, 6.45) is 9.42. The molecule has 5 nitrogen and oxygen atoms in total. The van der Waals surface area contributed by atoms with Crippen molar-refractivity contribution in [1.29, 1.82) is 0 Å². The molecule has 0 spiro atoms. The van der Waals surface area contributed by atoms with Crippen LogP contribution in [0.5, 0.6) is 0 Å². The van der Waals surface area contributed by atoms with E-state index in [1.54, 1.807) is 11.8 Å².